The molecule has 0 aromatic heterocycles. The molecular weight excluding hydrogens is 262 g/mol. The van der Waals surface area contributed by atoms with Gasteiger partial charge in [-0.2, -0.15) is 0 Å². The number of ether oxygens (including phenoxy) is 1. The first kappa shape index (κ1) is 18.9. The Morgan fingerprint density at radius 3 is 2.81 bits per heavy atom. The molecule has 4 heteroatoms. The van der Waals surface area contributed by atoms with Crippen molar-refractivity contribution in [2.75, 3.05) is 59.5 Å². The summed E-state index contributed by atoms with van der Waals surface area (Å²) in [5, 5.41) is 3.51. The van der Waals surface area contributed by atoms with Gasteiger partial charge < -0.3 is 15.0 Å². The van der Waals surface area contributed by atoms with Crippen LogP contribution in [0.15, 0.2) is 0 Å². The minimum absolute atomic E-state index is 0. The van der Waals surface area contributed by atoms with Crippen molar-refractivity contribution in [1.29, 1.82) is 0 Å². The van der Waals surface area contributed by atoms with Crippen LogP contribution in [0.2, 0.25) is 0 Å². The first-order valence-electron chi connectivity index (χ1n) is 8.74. The van der Waals surface area contributed by atoms with Crippen molar-refractivity contribution in [3.63, 3.8) is 0 Å². The molecule has 1 fully saturated rings. The van der Waals surface area contributed by atoms with E-state index in [0.717, 1.165) is 51.8 Å². The van der Waals surface area contributed by atoms with E-state index in [1.807, 2.05) is 0 Å². The van der Waals surface area contributed by atoms with Crippen molar-refractivity contribution >= 4 is 0 Å². The highest BCUT2D eigenvalue weighted by Gasteiger charge is 2.20. The summed E-state index contributed by atoms with van der Waals surface area (Å²) in [5.41, 5.74) is 0. The molecule has 0 saturated carbocycles. The third-order valence-corrected chi connectivity index (χ3v) is 4.27. The second kappa shape index (κ2) is 10.5. The molecule has 0 amide bonds. The predicted octanol–water partition coefficient (Wildman–Crippen LogP) is 2.16. The van der Waals surface area contributed by atoms with Gasteiger partial charge in [0.2, 0.25) is 0 Å². The molecule has 0 radical (unpaired) electrons. The Morgan fingerprint density at radius 2 is 2.14 bits per heavy atom. The lowest BCUT2D eigenvalue weighted by molar-refractivity contribution is -0.0290. The third kappa shape index (κ3) is 8.77. The van der Waals surface area contributed by atoms with Crippen LogP contribution in [-0.2, 0) is 4.74 Å². The SMILES string of the molecule is CCC(C)CN(C)CCN1CCO[C@H](CNCC(C)C)C1.[HH]. The molecule has 0 aromatic rings. The standard InChI is InChI=1S/C17H37N3O.H2/c1-6-16(4)13-19(5)7-8-20-9-10-21-17(14-20)12-18-11-15(2)3;/h15-18H,6-14H2,1-5H3;1H/t16?,17-;/m1./s1. The van der Waals surface area contributed by atoms with Crippen LogP contribution in [0.1, 0.15) is 35.5 Å². The van der Waals surface area contributed by atoms with Crippen molar-refractivity contribution in [3.05, 3.63) is 0 Å². The number of rotatable bonds is 10. The van der Waals surface area contributed by atoms with Crippen molar-refractivity contribution < 1.29 is 6.16 Å². The van der Waals surface area contributed by atoms with Gasteiger partial charge in [-0.1, -0.05) is 34.1 Å². The molecule has 1 heterocycles. The van der Waals surface area contributed by atoms with Gasteiger partial charge in [-0.15, -0.1) is 0 Å². The molecule has 1 unspecified atom stereocenters. The normalized spacial score (nSPS) is 22.1. The molecule has 0 bridgehead atoms. The fourth-order valence-electron chi connectivity index (χ4n) is 2.70. The Kier molecular flexibility index (Phi) is 9.49. The third-order valence-electron chi connectivity index (χ3n) is 4.27. The van der Waals surface area contributed by atoms with Gasteiger partial charge in [0.25, 0.3) is 0 Å². The van der Waals surface area contributed by atoms with E-state index in [-0.39, 0.29) is 1.43 Å². The molecule has 1 aliphatic rings. The second-order valence-corrected chi connectivity index (χ2v) is 7.12. The van der Waals surface area contributed by atoms with E-state index in [9.17, 15) is 0 Å². The molecule has 1 rings (SSSR count). The molecule has 1 N–H and O–H groups in total. The summed E-state index contributed by atoms with van der Waals surface area (Å²) < 4.78 is 5.86. The van der Waals surface area contributed by atoms with E-state index in [2.05, 4.69) is 49.9 Å². The zero-order valence-corrected chi connectivity index (χ0v) is 14.9. The maximum atomic E-state index is 5.86. The van der Waals surface area contributed by atoms with Crippen LogP contribution in [0.5, 0.6) is 0 Å². The Labute approximate surface area is 133 Å². The molecule has 0 aliphatic carbocycles. The maximum Gasteiger partial charge on any atom is 0.0826 e. The lowest BCUT2D eigenvalue weighted by atomic mass is 10.1. The number of nitrogens with zero attached hydrogens (tertiary/aromatic N) is 2. The molecular formula is C17H39N3O. The van der Waals surface area contributed by atoms with E-state index in [1.165, 1.54) is 13.0 Å². The first-order chi connectivity index (χ1) is 10.0. The van der Waals surface area contributed by atoms with E-state index in [0.29, 0.717) is 12.0 Å². The van der Waals surface area contributed by atoms with Crippen molar-refractivity contribution in [3.8, 4) is 0 Å². The topological polar surface area (TPSA) is 27.7 Å². The first-order valence-corrected chi connectivity index (χ1v) is 8.74. The summed E-state index contributed by atoms with van der Waals surface area (Å²) in [6.07, 6.45) is 1.63. The van der Waals surface area contributed by atoms with Gasteiger partial charge in [-0.3, -0.25) is 4.90 Å². The van der Waals surface area contributed by atoms with Gasteiger partial charge in [-0.05, 0) is 25.4 Å². The lowest BCUT2D eigenvalue weighted by Gasteiger charge is -2.34. The smallest absolute Gasteiger partial charge is 0.0826 e. The van der Waals surface area contributed by atoms with Gasteiger partial charge in [-0.25, -0.2) is 0 Å². The van der Waals surface area contributed by atoms with Gasteiger partial charge in [0.1, 0.15) is 0 Å². The number of hydrogen-bond donors (Lipinski definition) is 1. The van der Waals surface area contributed by atoms with E-state index in [4.69, 9.17) is 4.74 Å². The zero-order chi connectivity index (χ0) is 15.7. The Bertz CT molecular complexity index is 266. The van der Waals surface area contributed by atoms with Gasteiger partial charge in [0.15, 0.2) is 0 Å². The highest BCUT2D eigenvalue weighted by molar-refractivity contribution is 4.74. The summed E-state index contributed by atoms with van der Waals surface area (Å²) in [6, 6.07) is 0. The summed E-state index contributed by atoms with van der Waals surface area (Å²) in [4.78, 5) is 5.02. The van der Waals surface area contributed by atoms with E-state index >= 15 is 0 Å². The van der Waals surface area contributed by atoms with Gasteiger partial charge in [0.05, 0.1) is 12.7 Å². The Hall–Kier alpha value is -0.160. The van der Waals surface area contributed by atoms with Crippen molar-refractivity contribution in [1.82, 2.24) is 15.1 Å². The molecule has 0 aromatic carbocycles. The highest BCUT2D eigenvalue weighted by atomic mass is 16.5. The van der Waals surface area contributed by atoms with Crippen LogP contribution < -0.4 is 5.32 Å². The molecule has 128 valence electrons. The molecule has 21 heavy (non-hydrogen) atoms. The largest absolute Gasteiger partial charge is 0.374 e. The van der Waals surface area contributed by atoms with Crippen LogP contribution in [-0.4, -0.2) is 75.4 Å². The van der Waals surface area contributed by atoms with E-state index in [1.54, 1.807) is 0 Å². The minimum atomic E-state index is 0. The van der Waals surface area contributed by atoms with Crippen LogP contribution >= 0.6 is 0 Å². The second-order valence-electron chi connectivity index (χ2n) is 7.12. The number of likely N-dealkylation sites (N-methyl/N-ethyl adjacent to an activating group) is 1. The van der Waals surface area contributed by atoms with Crippen LogP contribution in [0, 0.1) is 11.8 Å². The van der Waals surface area contributed by atoms with Gasteiger partial charge in [0, 0.05) is 40.7 Å². The number of nitrogens with one attached hydrogen (secondary N) is 1. The predicted molar refractivity (Wildman–Crippen MR) is 93.0 cm³/mol. The van der Waals surface area contributed by atoms with Crippen molar-refractivity contribution in [2.24, 2.45) is 11.8 Å². The summed E-state index contributed by atoms with van der Waals surface area (Å²) in [5.74, 6) is 1.51. The fourth-order valence-corrected chi connectivity index (χ4v) is 2.70. The summed E-state index contributed by atoms with van der Waals surface area (Å²) in [6.45, 7) is 17.7. The average Bonchev–Trinajstić information content (AvgIpc) is 2.45. The fraction of sp³-hybridized carbons (Fsp3) is 1.00. The molecule has 1 saturated heterocycles. The lowest BCUT2D eigenvalue weighted by Crippen LogP contribution is -2.48. The maximum absolute atomic E-state index is 5.86. The number of morpholine rings is 1. The molecule has 4 nitrogen and oxygen atoms in total. The average molecular weight is 302 g/mol. The van der Waals surface area contributed by atoms with Crippen LogP contribution in [0.3, 0.4) is 0 Å². The molecule has 0 spiro atoms. The monoisotopic (exact) mass is 301 g/mol. The van der Waals surface area contributed by atoms with Crippen LogP contribution in [0.25, 0.3) is 0 Å². The molecule has 1 aliphatic heterocycles. The zero-order valence-electron chi connectivity index (χ0n) is 14.9. The Balaban J connectivity index is 0.00000441. The Morgan fingerprint density at radius 1 is 1.38 bits per heavy atom. The quantitative estimate of drug-likeness (QED) is 0.669. The van der Waals surface area contributed by atoms with Gasteiger partial charge >= 0.3 is 0 Å². The van der Waals surface area contributed by atoms with Crippen LogP contribution in [0.4, 0.5) is 0 Å². The molecule has 2 atom stereocenters. The van der Waals surface area contributed by atoms with Crippen molar-refractivity contribution in [2.45, 2.75) is 40.2 Å². The summed E-state index contributed by atoms with van der Waals surface area (Å²) in [7, 11) is 2.24. The minimum Gasteiger partial charge on any atom is -0.374 e. The summed E-state index contributed by atoms with van der Waals surface area (Å²) >= 11 is 0. The highest BCUT2D eigenvalue weighted by Crippen LogP contribution is 2.06. The van der Waals surface area contributed by atoms with E-state index < -0.39 is 0 Å². The number of hydrogen-bond acceptors (Lipinski definition) is 4.